The molecule has 0 heterocycles. The molecule has 0 fully saturated rings. The first-order valence-electron chi connectivity index (χ1n) is 7.12. The van der Waals surface area contributed by atoms with Crippen molar-refractivity contribution < 1.29 is 9.59 Å². The average molecular weight is 302 g/mol. The molecule has 0 aliphatic heterocycles. The largest absolute Gasteiger partial charge is 0.334 e. The summed E-state index contributed by atoms with van der Waals surface area (Å²) in [7, 11) is 3.93. The lowest BCUT2D eigenvalue weighted by atomic mass is 10.2. The Labute approximate surface area is 131 Å². The molecule has 1 N–H and O–H groups in total. The number of nitriles is 1. The summed E-state index contributed by atoms with van der Waals surface area (Å²) in [5.41, 5.74) is 1.04. The topological polar surface area (TPSA) is 76.4 Å². The van der Waals surface area contributed by atoms with Crippen LogP contribution in [0, 0.1) is 11.3 Å². The summed E-state index contributed by atoms with van der Waals surface area (Å²) in [6, 6.07) is 8.70. The van der Waals surface area contributed by atoms with Gasteiger partial charge in [-0.1, -0.05) is 6.07 Å². The van der Waals surface area contributed by atoms with Gasteiger partial charge in [-0.25, -0.2) is 0 Å². The molecule has 0 atom stereocenters. The quantitative estimate of drug-likeness (QED) is 0.823. The second-order valence-electron chi connectivity index (χ2n) is 5.34. The van der Waals surface area contributed by atoms with E-state index >= 15 is 0 Å². The maximum atomic E-state index is 12.0. The molecule has 0 radical (unpaired) electrons. The van der Waals surface area contributed by atoms with E-state index < -0.39 is 0 Å². The molecular weight excluding hydrogens is 280 g/mol. The molecule has 0 aliphatic carbocycles. The Kier molecular flexibility index (Phi) is 7.06. The molecule has 1 rings (SSSR count). The van der Waals surface area contributed by atoms with Gasteiger partial charge in [0, 0.05) is 19.2 Å². The molecule has 118 valence electrons. The van der Waals surface area contributed by atoms with Gasteiger partial charge < -0.3 is 15.1 Å². The number of hydrogen-bond acceptors (Lipinski definition) is 4. The number of amides is 2. The van der Waals surface area contributed by atoms with Crippen LogP contribution in [0.1, 0.15) is 18.9 Å². The zero-order valence-electron chi connectivity index (χ0n) is 13.3. The van der Waals surface area contributed by atoms with Crippen molar-refractivity contribution in [2.45, 2.75) is 13.3 Å². The number of nitrogens with one attached hydrogen (secondary N) is 1. The van der Waals surface area contributed by atoms with Crippen molar-refractivity contribution in [3.8, 4) is 6.07 Å². The zero-order valence-corrected chi connectivity index (χ0v) is 13.3. The summed E-state index contributed by atoms with van der Waals surface area (Å²) in [6.07, 6.45) is 0.809. The van der Waals surface area contributed by atoms with Gasteiger partial charge in [-0.15, -0.1) is 0 Å². The lowest BCUT2D eigenvalue weighted by molar-refractivity contribution is -0.132. The van der Waals surface area contributed by atoms with Gasteiger partial charge >= 0.3 is 0 Å². The summed E-state index contributed by atoms with van der Waals surface area (Å²) < 4.78 is 0. The maximum absolute atomic E-state index is 12.0. The predicted molar refractivity (Wildman–Crippen MR) is 85.2 cm³/mol. The van der Waals surface area contributed by atoms with Crippen LogP contribution in [0.2, 0.25) is 0 Å². The number of carbonyl (C=O) groups is 2. The molecule has 0 bridgehead atoms. The van der Waals surface area contributed by atoms with Gasteiger partial charge in [0.15, 0.2) is 0 Å². The van der Waals surface area contributed by atoms with E-state index in [-0.39, 0.29) is 18.4 Å². The molecule has 0 unspecified atom stereocenters. The fraction of sp³-hybridized carbons (Fsp3) is 0.438. The molecular formula is C16H22N4O2. The molecule has 0 aromatic heterocycles. The van der Waals surface area contributed by atoms with E-state index in [1.807, 2.05) is 25.1 Å². The van der Waals surface area contributed by atoms with E-state index in [1.165, 1.54) is 11.8 Å². The summed E-state index contributed by atoms with van der Waals surface area (Å²) >= 11 is 0. The summed E-state index contributed by atoms with van der Waals surface area (Å²) in [5.74, 6) is -0.394. The molecule has 0 saturated heterocycles. The Balaban J connectivity index is 2.56. The number of rotatable bonds is 7. The number of hydrogen-bond donors (Lipinski definition) is 1. The highest BCUT2D eigenvalue weighted by Gasteiger charge is 2.13. The fourth-order valence-electron chi connectivity index (χ4n) is 1.97. The van der Waals surface area contributed by atoms with Crippen molar-refractivity contribution in [2.75, 3.05) is 39.0 Å². The molecule has 1 aromatic rings. The van der Waals surface area contributed by atoms with E-state index in [1.54, 1.807) is 24.3 Å². The molecule has 0 aliphatic rings. The van der Waals surface area contributed by atoms with Crippen LogP contribution in [0.3, 0.4) is 0 Å². The molecule has 6 nitrogen and oxygen atoms in total. The van der Waals surface area contributed by atoms with Crippen molar-refractivity contribution in [3.05, 3.63) is 29.8 Å². The van der Waals surface area contributed by atoms with Crippen LogP contribution in [0.15, 0.2) is 24.3 Å². The Hall–Kier alpha value is -2.39. The minimum Gasteiger partial charge on any atom is -0.334 e. The van der Waals surface area contributed by atoms with Crippen LogP contribution < -0.4 is 5.32 Å². The van der Waals surface area contributed by atoms with Gasteiger partial charge in [-0.2, -0.15) is 5.26 Å². The third-order valence-corrected chi connectivity index (χ3v) is 3.09. The zero-order chi connectivity index (χ0) is 16.5. The Morgan fingerprint density at radius 2 is 2.00 bits per heavy atom. The van der Waals surface area contributed by atoms with Crippen LogP contribution >= 0.6 is 0 Å². The molecule has 0 spiro atoms. The van der Waals surface area contributed by atoms with Crippen LogP contribution in [0.4, 0.5) is 5.69 Å². The standard InChI is InChI=1S/C16H22N4O2/c1-13(21)20(9-5-8-19(2)3)12-16(22)18-15-7-4-6-14(10-15)11-17/h4,6-7,10H,5,8-9,12H2,1-3H3,(H,18,22). The van der Waals surface area contributed by atoms with Crippen molar-refractivity contribution >= 4 is 17.5 Å². The average Bonchev–Trinajstić information content (AvgIpc) is 2.45. The highest BCUT2D eigenvalue weighted by molar-refractivity contribution is 5.94. The molecule has 22 heavy (non-hydrogen) atoms. The minimum absolute atomic E-state index is 0.0134. The first-order valence-corrected chi connectivity index (χ1v) is 7.12. The van der Waals surface area contributed by atoms with Crippen LogP contribution in [-0.2, 0) is 9.59 Å². The number of nitrogens with zero attached hydrogens (tertiary/aromatic N) is 3. The highest BCUT2D eigenvalue weighted by Crippen LogP contribution is 2.09. The van der Waals surface area contributed by atoms with Gasteiger partial charge in [0.05, 0.1) is 18.2 Å². The van der Waals surface area contributed by atoms with Gasteiger partial charge in [0.1, 0.15) is 0 Å². The van der Waals surface area contributed by atoms with Gasteiger partial charge in [-0.3, -0.25) is 9.59 Å². The van der Waals surface area contributed by atoms with Gasteiger partial charge in [0.25, 0.3) is 0 Å². The number of benzene rings is 1. The van der Waals surface area contributed by atoms with Crippen molar-refractivity contribution in [1.82, 2.24) is 9.80 Å². The first kappa shape index (κ1) is 17.7. The normalized spacial score (nSPS) is 10.1. The van der Waals surface area contributed by atoms with E-state index in [9.17, 15) is 9.59 Å². The van der Waals surface area contributed by atoms with Crippen molar-refractivity contribution in [2.24, 2.45) is 0 Å². The van der Waals surface area contributed by atoms with Gasteiger partial charge in [0.2, 0.25) is 11.8 Å². The third-order valence-electron chi connectivity index (χ3n) is 3.09. The lowest BCUT2D eigenvalue weighted by Crippen LogP contribution is -2.38. The minimum atomic E-state index is -0.268. The molecule has 0 saturated carbocycles. The fourth-order valence-corrected chi connectivity index (χ4v) is 1.97. The summed E-state index contributed by atoms with van der Waals surface area (Å²) in [4.78, 5) is 27.2. The van der Waals surface area contributed by atoms with E-state index in [0.717, 1.165) is 13.0 Å². The second kappa shape index (κ2) is 8.80. The van der Waals surface area contributed by atoms with Crippen LogP contribution in [0.5, 0.6) is 0 Å². The summed E-state index contributed by atoms with van der Waals surface area (Å²) in [5, 5.41) is 11.5. The van der Waals surface area contributed by atoms with Crippen LogP contribution in [0.25, 0.3) is 0 Å². The SMILES string of the molecule is CC(=O)N(CCCN(C)C)CC(=O)Nc1cccc(C#N)c1. The number of carbonyl (C=O) groups excluding carboxylic acids is 2. The second-order valence-corrected chi connectivity index (χ2v) is 5.34. The van der Waals surface area contributed by atoms with E-state index in [2.05, 4.69) is 5.32 Å². The monoisotopic (exact) mass is 302 g/mol. The Morgan fingerprint density at radius 1 is 1.27 bits per heavy atom. The lowest BCUT2D eigenvalue weighted by Gasteiger charge is -2.21. The van der Waals surface area contributed by atoms with E-state index in [4.69, 9.17) is 5.26 Å². The smallest absolute Gasteiger partial charge is 0.243 e. The van der Waals surface area contributed by atoms with Crippen molar-refractivity contribution in [1.29, 1.82) is 5.26 Å². The molecule has 1 aromatic carbocycles. The van der Waals surface area contributed by atoms with Crippen molar-refractivity contribution in [3.63, 3.8) is 0 Å². The van der Waals surface area contributed by atoms with Gasteiger partial charge in [-0.05, 0) is 45.3 Å². The Bertz CT molecular complexity index is 564. The first-order chi connectivity index (χ1) is 10.4. The summed E-state index contributed by atoms with van der Waals surface area (Å²) in [6.45, 7) is 2.87. The Morgan fingerprint density at radius 3 is 2.59 bits per heavy atom. The maximum Gasteiger partial charge on any atom is 0.243 e. The molecule has 6 heteroatoms. The predicted octanol–water partition coefficient (Wildman–Crippen LogP) is 1.30. The van der Waals surface area contributed by atoms with Crippen LogP contribution in [-0.4, -0.2) is 55.3 Å². The third kappa shape index (κ3) is 6.37. The highest BCUT2D eigenvalue weighted by atomic mass is 16.2. The van der Waals surface area contributed by atoms with E-state index in [0.29, 0.717) is 17.8 Å². The number of anilines is 1. The molecule has 2 amide bonds.